The summed E-state index contributed by atoms with van der Waals surface area (Å²) in [7, 11) is 0. The smallest absolute Gasteiger partial charge is 0.326 e. The molecule has 7 amide bonds. The van der Waals surface area contributed by atoms with Crippen LogP contribution < -0.4 is 36.6 Å². The summed E-state index contributed by atoms with van der Waals surface area (Å²) in [6.45, 7) is 8.15. The topological polar surface area (TPSA) is 431 Å². The van der Waals surface area contributed by atoms with E-state index in [1.54, 1.807) is 44.7 Å². The molecule has 10 N–H and O–H groups in total. The highest BCUT2D eigenvalue weighted by Crippen LogP contribution is 2.24. The Balaban J connectivity index is 1.02. The number of carboxylic acids is 4. The standard InChI is InChI=1S/C69H101N13O19/c1-48(2)39-50-12-14-51(15-13-50)40-60(84)72-20-7-5-11-57(69(96)97)77-67(94)56(10-4-6-21-73-61(85)43-78-25-27-79(44-63(87)88)29-31-81(46-65(91)92)32-30-80(28-26-78)45-64(89)90)76-59(83)19-33-98-35-37-100-38-36-99-34-23-74-62(86)47-101-53-16-17-54-55(18-22-71-58(54)41-53)66(93)75-49(3)68(95)82-24-8-9-52(82)42-70/h12-18,22,41,48-49,52,56-57H,4-11,19-21,23-40,43-47H2,1-3H3,(H,72,84)(H,73,85)(H,74,86)(H,75,93)(H,76,83)(H,77,94)(H,87,88)(H,89,90)(H,91,92)(H,96,97)/t49-,52+,56?,57?/m1/s1. The number of carbonyl (C=O) groups is 11. The van der Waals surface area contributed by atoms with Crippen LogP contribution in [-0.4, -0.2) is 290 Å². The summed E-state index contributed by atoms with van der Waals surface area (Å²) in [4.78, 5) is 152. The minimum Gasteiger partial charge on any atom is -0.484 e. The maximum absolute atomic E-state index is 13.8. The number of nitriles is 1. The van der Waals surface area contributed by atoms with Crippen LogP contribution in [-0.2, 0) is 75.0 Å². The molecule has 2 unspecified atom stereocenters. The summed E-state index contributed by atoms with van der Waals surface area (Å²) in [5.74, 6) is -6.74. The van der Waals surface area contributed by atoms with Crippen LogP contribution in [0.1, 0.15) is 100 Å². The summed E-state index contributed by atoms with van der Waals surface area (Å²) in [5, 5.41) is 65.1. The van der Waals surface area contributed by atoms with Crippen molar-refractivity contribution in [2.75, 3.05) is 151 Å². The first-order chi connectivity index (χ1) is 48.5. The molecule has 5 rings (SSSR count). The van der Waals surface area contributed by atoms with Gasteiger partial charge in [0.2, 0.25) is 29.5 Å². The van der Waals surface area contributed by atoms with Gasteiger partial charge >= 0.3 is 23.9 Å². The van der Waals surface area contributed by atoms with Gasteiger partial charge in [-0.1, -0.05) is 38.1 Å². The highest BCUT2D eigenvalue weighted by atomic mass is 16.5. The normalized spacial score (nSPS) is 16.0. The van der Waals surface area contributed by atoms with Gasteiger partial charge in [0, 0.05) is 103 Å². The van der Waals surface area contributed by atoms with Crippen molar-refractivity contribution in [1.82, 2.24) is 61.4 Å². The molecule has 1 aromatic heterocycles. The van der Waals surface area contributed by atoms with E-state index in [1.807, 2.05) is 24.3 Å². The minimum atomic E-state index is -1.31. The number of pyridine rings is 1. The number of ether oxygens (including phenoxy) is 4. The van der Waals surface area contributed by atoms with E-state index < -0.39 is 71.7 Å². The average molecular weight is 1420 g/mol. The summed E-state index contributed by atoms with van der Waals surface area (Å²) in [5.41, 5.74) is 2.77. The second kappa shape index (κ2) is 45.7. The molecule has 556 valence electrons. The van der Waals surface area contributed by atoms with Crippen molar-refractivity contribution in [2.45, 2.75) is 116 Å². The van der Waals surface area contributed by atoms with Gasteiger partial charge in [-0.3, -0.25) is 72.5 Å². The third-order valence-electron chi connectivity index (χ3n) is 16.7. The van der Waals surface area contributed by atoms with E-state index in [2.05, 4.69) is 56.8 Å². The van der Waals surface area contributed by atoms with E-state index >= 15 is 0 Å². The lowest BCUT2D eigenvalue weighted by Gasteiger charge is -2.32. The second-order valence-electron chi connectivity index (χ2n) is 25.4. The van der Waals surface area contributed by atoms with Crippen molar-refractivity contribution in [3.63, 3.8) is 0 Å². The van der Waals surface area contributed by atoms with Crippen molar-refractivity contribution in [3.05, 3.63) is 71.4 Å². The predicted molar refractivity (Wildman–Crippen MR) is 367 cm³/mol. The largest absolute Gasteiger partial charge is 0.484 e. The van der Waals surface area contributed by atoms with Gasteiger partial charge in [-0.15, -0.1) is 0 Å². The molecule has 32 nitrogen and oxygen atoms in total. The lowest BCUT2D eigenvalue weighted by molar-refractivity contribution is -0.142. The molecular weight excluding hydrogens is 1310 g/mol. The Bertz CT molecular complexity index is 3200. The van der Waals surface area contributed by atoms with Gasteiger partial charge in [-0.05, 0) is 100.0 Å². The van der Waals surface area contributed by atoms with E-state index in [9.17, 15) is 78.4 Å². The second-order valence-corrected chi connectivity index (χ2v) is 25.4. The van der Waals surface area contributed by atoms with Gasteiger partial charge in [0.1, 0.15) is 29.9 Å². The monoisotopic (exact) mass is 1420 g/mol. The quantitative estimate of drug-likeness (QED) is 0.0341. The van der Waals surface area contributed by atoms with Gasteiger partial charge in [0.15, 0.2) is 6.61 Å². The fourth-order valence-corrected chi connectivity index (χ4v) is 11.4. The van der Waals surface area contributed by atoms with Crippen LogP contribution in [0.2, 0.25) is 0 Å². The number of benzene rings is 2. The lowest BCUT2D eigenvalue weighted by atomic mass is 10.0. The van der Waals surface area contributed by atoms with Crippen LogP contribution in [0, 0.1) is 17.2 Å². The molecule has 32 heteroatoms. The van der Waals surface area contributed by atoms with E-state index in [4.69, 9.17) is 18.9 Å². The van der Waals surface area contributed by atoms with Crippen LogP contribution in [0.3, 0.4) is 0 Å². The van der Waals surface area contributed by atoms with Crippen molar-refractivity contribution in [2.24, 2.45) is 5.92 Å². The minimum absolute atomic E-state index is 0.0383. The van der Waals surface area contributed by atoms with Crippen molar-refractivity contribution in [1.29, 1.82) is 5.26 Å². The molecule has 101 heavy (non-hydrogen) atoms. The summed E-state index contributed by atoms with van der Waals surface area (Å²) < 4.78 is 22.4. The summed E-state index contributed by atoms with van der Waals surface area (Å²) >= 11 is 0. The maximum atomic E-state index is 13.8. The molecule has 2 aliphatic rings. The molecule has 0 spiro atoms. The number of aliphatic carboxylic acids is 4. The number of unbranched alkanes of at least 4 members (excludes halogenated alkanes) is 2. The number of carboxylic acid groups (broad SMARTS) is 4. The Morgan fingerprint density at radius 3 is 1.67 bits per heavy atom. The molecular formula is C69H101N13O19. The molecule has 0 saturated carbocycles. The first kappa shape index (κ1) is 82.7. The Labute approximate surface area is 588 Å². The Morgan fingerprint density at radius 2 is 1.11 bits per heavy atom. The predicted octanol–water partition coefficient (Wildman–Crippen LogP) is 0.346. The van der Waals surface area contributed by atoms with Gasteiger partial charge in [-0.25, -0.2) is 4.79 Å². The molecule has 3 heterocycles. The molecule has 0 radical (unpaired) electrons. The van der Waals surface area contributed by atoms with Crippen LogP contribution in [0.25, 0.3) is 10.9 Å². The molecule has 0 aliphatic carbocycles. The third-order valence-corrected chi connectivity index (χ3v) is 16.7. The Kier molecular flexibility index (Phi) is 37.4. The molecule has 4 atom stereocenters. The Morgan fingerprint density at radius 1 is 0.574 bits per heavy atom. The number of nitrogens with zero attached hydrogens (tertiary/aromatic N) is 7. The molecule has 0 bridgehead atoms. The van der Waals surface area contributed by atoms with Gasteiger partial charge < -0.3 is 76.2 Å². The van der Waals surface area contributed by atoms with Crippen molar-refractivity contribution >= 4 is 76.1 Å². The van der Waals surface area contributed by atoms with Crippen LogP contribution in [0.4, 0.5) is 0 Å². The van der Waals surface area contributed by atoms with Crippen molar-refractivity contribution < 1.29 is 92.1 Å². The number of fused-ring (bicyclic) bond motifs is 1. The highest BCUT2D eigenvalue weighted by molar-refractivity contribution is 6.07. The number of amides is 7. The zero-order valence-corrected chi connectivity index (χ0v) is 58.2. The first-order valence-corrected chi connectivity index (χ1v) is 34.5. The lowest BCUT2D eigenvalue weighted by Crippen LogP contribution is -2.51. The average Bonchev–Trinajstić information content (AvgIpc) is 1.00. The fourth-order valence-electron chi connectivity index (χ4n) is 11.4. The van der Waals surface area contributed by atoms with Gasteiger partial charge in [-0.2, -0.15) is 5.26 Å². The number of hydrogen-bond acceptors (Lipinski definition) is 21. The molecule has 2 fully saturated rings. The van der Waals surface area contributed by atoms with E-state index in [-0.39, 0.29) is 187 Å². The summed E-state index contributed by atoms with van der Waals surface area (Å²) in [6.07, 6.45) is 5.26. The number of aromatic nitrogens is 1. The molecule has 2 aromatic carbocycles. The number of rotatable bonds is 44. The molecule has 2 aliphatic heterocycles. The van der Waals surface area contributed by atoms with E-state index in [0.717, 1.165) is 18.4 Å². The highest BCUT2D eigenvalue weighted by Gasteiger charge is 2.33. The Hall–Kier alpha value is -8.97. The summed E-state index contributed by atoms with van der Waals surface area (Å²) in [6, 6.07) is 12.5. The van der Waals surface area contributed by atoms with E-state index in [1.165, 1.54) is 22.7 Å². The SMILES string of the molecule is CC(C)Cc1ccc(CC(=O)NCCCCC(NC(=O)C(CCCCNC(=O)CN2CCN(CC(=O)O)CCN(CC(=O)O)CCN(CC(=O)O)CC2)NC(=O)CCOCCOCCOCCNC(=O)COc2ccc3c(C(=O)N[C@H](C)C(=O)N4CCC[C@H]4C#N)ccnc3c2)C(=O)O)cc1. The van der Waals surface area contributed by atoms with Crippen LogP contribution >= 0.6 is 0 Å². The number of carbonyl (C=O) groups excluding carboxylic acids is 7. The number of nitrogens with one attached hydrogen (secondary N) is 6. The zero-order valence-electron chi connectivity index (χ0n) is 58.2. The van der Waals surface area contributed by atoms with Crippen LogP contribution in [0.5, 0.6) is 5.75 Å². The van der Waals surface area contributed by atoms with Gasteiger partial charge in [0.05, 0.1) is 89.4 Å². The number of hydrogen-bond donors (Lipinski definition) is 10. The zero-order chi connectivity index (χ0) is 73.5. The maximum Gasteiger partial charge on any atom is 0.326 e. The van der Waals surface area contributed by atoms with Crippen molar-refractivity contribution in [3.8, 4) is 11.8 Å². The fraction of sp³-hybridized carbons (Fsp3) is 0.609. The molecule has 3 aromatic rings. The third kappa shape index (κ3) is 32.9. The van der Waals surface area contributed by atoms with Gasteiger partial charge in [0.25, 0.3) is 11.8 Å². The first-order valence-electron chi connectivity index (χ1n) is 34.5. The van der Waals surface area contributed by atoms with E-state index in [0.29, 0.717) is 67.8 Å². The number of likely N-dealkylation sites (tertiary alicyclic amines) is 1. The molecule has 2 saturated heterocycles. The van der Waals surface area contributed by atoms with Crippen LogP contribution in [0.15, 0.2) is 54.7 Å².